The highest BCUT2D eigenvalue weighted by Crippen LogP contribution is 2.24. The molecule has 150 valence electrons. The van der Waals surface area contributed by atoms with Crippen LogP contribution >= 0.6 is 11.6 Å². The summed E-state index contributed by atoms with van der Waals surface area (Å²) in [6, 6.07) is 9.50. The average molecular weight is 416 g/mol. The predicted octanol–water partition coefficient (Wildman–Crippen LogP) is 3.23. The number of pyridine rings is 1. The van der Waals surface area contributed by atoms with E-state index in [-0.39, 0.29) is 18.0 Å². The van der Waals surface area contributed by atoms with Gasteiger partial charge in [0.15, 0.2) is 5.60 Å². The first-order valence-electron chi connectivity index (χ1n) is 9.18. The van der Waals surface area contributed by atoms with Crippen molar-refractivity contribution < 1.29 is 13.9 Å². The molecule has 0 bridgehead atoms. The van der Waals surface area contributed by atoms with E-state index in [1.165, 1.54) is 16.5 Å². The van der Waals surface area contributed by atoms with Gasteiger partial charge in [-0.05, 0) is 50.2 Å². The Balaban J connectivity index is 1.61. The molecular formula is C21H19ClFN3O3. The monoisotopic (exact) mass is 415 g/mol. The van der Waals surface area contributed by atoms with Crippen molar-refractivity contribution in [3.63, 3.8) is 0 Å². The van der Waals surface area contributed by atoms with Gasteiger partial charge in [-0.25, -0.2) is 9.37 Å². The van der Waals surface area contributed by atoms with Crippen LogP contribution in [-0.2, 0) is 17.8 Å². The molecule has 0 atom stereocenters. The van der Waals surface area contributed by atoms with E-state index >= 15 is 0 Å². The minimum Gasteiger partial charge on any atom is -0.478 e. The van der Waals surface area contributed by atoms with Crippen LogP contribution in [0.2, 0.25) is 5.02 Å². The highest BCUT2D eigenvalue weighted by molar-refractivity contribution is 6.30. The topological polar surface area (TPSA) is 63.9 Å². The first-order chi connectivity index (χ1) is 13.7. The van der Waals surface area contributed by atoms with Gasteiger partial charge in [-0.1, -0.05) is 11.6 Å². The average Bonchev–Trinajstić information content (AvgIpc) is 2.69. The molecule has 0 N–H and O–H groups in total. The molecule has 0 aliphatic carbocycles. The number of carbonyl (C=O) groups excluding carboxylic acids is 1. The molecule has 3 aromatic rings. The van der Waals surface area contributed by atoms with Crippen molar-refractivity contribution in [2.45, 2.75) is 32.4 Å². The molecule has 4 rings (SSSR count). The van der Waals surface area contributed by atoms with Crippen LogP contribution in [0.5, 0.6) is 5.75 Å². The summed E-state index contributed by atoms with van der Waals surface area (Å²) in [6.45, 7) is 3.89. The summed E-state index contributed by atoms with van der Waals surface area (Å²) >= 11 is 5.89. The van der Waals surface area contributed by atoms with Gasteiger partial charge in [-0.3, -0.25) is 14.0 Å². The van der Waals surface area contributed by atoms with Gasteiger partial charge in [0.2, 0.25) is 0 Å². The van der Waals surface area contributed by atoms with Gasteiger partial charge in [-0.2, -0.15) is 0 Å². The van der Waals surface area contributed by atoms with Crippen LogP contribution in [0.3, 0.4) is 0 Å². The molecule has 0 radical (unpaired) electrons. The van der Waals surface area contributed by atoms with E-state index in [4.69, 9.17) is 16.3 Å². The first kappa shape index (κ1) is 19.4. The largest absolute Gasteiger partial charge is 0.478 e. The number of amides is 1. The summed E-state index contributed by atoms with van der Waals surface area (Å²) in [7, 11) is 0. The number of nitrogens with zero attached hydrogens (tertiary/aromatic N) is 3. The van der Waals surface area contributed by atoms with E-state index in [0.717, 1.165) is 6.20 Å². The van der Waals surface area contributed by atoms with Gasteiger partial charge in [0, 0.05) is 24.2 Å². The smallest absolute Gasteiger partial charge is 0.266 e. The van der Waals surface area contributed by atoms with Gasteiger partial charge >= 0.3 is 0 Å². The van der Waals surface area contributed by atoms with Crippen LogP contribution in [0.15, 0.2) is 47.4 Å². The number of benzene rings is 1. The summed E-state index contributed by atoms with van der Waals surface area (Å²) in [5, 5.41) is 0.575. The third kappa shape index (κ3) is 3.70. The van der Waals surface area contributed by atoms with Crippen molar-refractivity contribution in [3.05, 3.63) is 75.0 Å². The molecule has 1 aliphatic heterocycles. The normalized spacial score (nSPS) is 14.0. The standard InChI is InChI=1S/C21H19ClFN3O3/c1-21(2,29-15-6-3-13(22)4-7-15)20(28)25-10-9-17-16(12-25)19(27)26-11-14(23)5-8-18(26)24-17/h3-8,11H,9-10,12H2,1-2H3. The first-order valence-corrected chi connectivity index (χ1v) is 9.56. The predicted molar refractivity (Wildman–Crippen MR) is 107 cm³/mol. The molecule has 0 fully saturated rings. The van der Waals surface area contributed by atoms with Gasteiger partial charge < -0.3 is 9.64 Å². The molecular weight excluding hydrogens is 397 g/mol. The minimum atomic E-state index is -1.14. The van der Waals surface area contributed by atoms with Crippen LogP contribution < -0.4 is 10.3 Å². The van der Waals surface area contributed by atoms with E-state index in [2.05, 4.69) is 4.98 Å². The zero-order chi connectivity index (χ0) is 20.8. The van der Waals surface area contributed by atoms with E-state index in [1.54, 1.807) is 43.0 Å². The lowest BCUT2D eigenvalue weighted by atomic mass is 10.0. The maximum absolute atomic E-state index is 13.6. The fourth-order valence-corrected chi connectivity index (χ4v) is 3.59. The Bertz CT molecular complexity index is 1160. The molecule has 0 unspecified atom stereocenters. The summed E-state index contributed by atoms with van der Waals surface area (Å²) in [5.74, 6) is -0.252. The zero-order valence-electron chi connectivity index (χ0n) is 16.0. The van der Waals surface area contributed by atoms with Crippen LogP contribution in [0.1, 0.15) is 25.1 Å². The van der Waals surface area contributed by atoms with Gasteiger partial charge in [0.1, 0.15) is 17.2 Å². The van der Waals surface area contributed by atoms with E-state index < -0.39 is 11.4 Å². The molecule has 1 aliphatic rings. The Morgan fingerprint density at radius 3 is 2.66 bits per heavy atom. The quantitative estimate of drug-likeness (QED) is 0.658. The van der Waals surface area contributed by atoms with Crippen LogP contribution in [0.25, 0.3) is 5.65 Å². The van der Waals surface area contributed by atoms with Crippen molar-refractivity contribution in [3.8, 4) is 5.75 Å². The maximum atomic E-state index is 13.6. The fraction of sp³-hybridized carbons (Fsp3) is 0.286. The number of ether oxygens (including phenoxy) is 1. The lowest BCUT2D eigenvalue weighted by molar-refractivity contribution is -0.146. The molecule has 8 heteroatoms. The lowest BCUT2D eigenvalue weighted by Gasteiger charge is -2.34. The van der Waals surface area contributed by atoms with Crippen LogP contribution in [-0.4, -0.2) is 32.3 Å². The van der Waals surface area contributed by atoms with Crippen molar-refractivity contribution in [1.82, 2.24) is 14.3 Å². The molecule has 2 aromatic heterocycles. The molecule has 0 saturated heterocycles. The Kier molecular flexibility index (Phi) is 4.78. The minimum absolute atomic E-state index is 0.104. The molecule has 1 aromatic carbocycles. The summed E-state index contributed by atoms with van der Waals surface area (Å²) < 4.78 is 20.6. The Hall–Kier alpha value is -2.93. The SMILES string of the molecule is CC(C)(Oc1ccc(Cl)cc1)C(=O)N1CCc2nc3ccc(F)cn3c(=O)c2C1. The Morgan fingerprint density at radius 1 is 1.21 bits per heavy atom. The summed E-state index contributed by atoms with van der Waals surface area (Å²) in [4.78, 5) is 32.0. The van der Waals surface area contributed by atoms with Crippen molar-refractivity contribution >= 4 is 23.2 Å². The molecule has 3 heterocycles. The fourth-order valence-electron chi connectivity index (χ4n) is 3.47. The number of fused-ring (bicyclic) bond motifs is 2. The lowest BCUT2D eigenvalue weighted by Crippen LogP contribution is -2.51. The number of aromatic nitrogens is 2. The molecule has 0 spiro atoms. The number of hydrogen-bond donors (Lipinski definition) is 0. The number of rotatable bonds is 3. The molecule has 0 saturated carbocycles. The van der Waals surface area contributed by atoms with E-state index in [9.17, 15) is 14.0 Å². The highest BCUT2D eigenvalue weighted by atomic mass is 35.5. The summed E-state index contributed by atoms with van der Waals surface area (Å²) in [6.07, 6.45) is 1.56. The molecule has 1 amide bonds. The van der Waals surface area contributed by atoms with Gasteiger partial charge in [0.25, 0.3) is 11.5 Å². The van der Waals surface area contributed by atoms with Crippen molar-refractivity contribution in [2.24, 2.45) is 0 Å². The Labute approximate surface area is 171 Å². The molecule has 29 heavy (non-hydrogen) atoms. The second kappa shape index (κ2) is 7.15. The number of carbonyl (C=O) groups is 1. The second-order valence-corrected chi connectivity index (χ2v) is 7.90. The van der Waals surface area contributed by atoms with E-state index in [0.29, 0.717) is 40.6 Å². The third-order valence-corrected chi connectivity index (χ3v) is 5.17. The van der Waals surface area contributed by atoms with Crippen LogP contribution in [0, 0.1) is 5.82 Å². The number of halogens is 2. The Morgan fingerprint density at radius 2 is 1.93 bits per heavy atom. The maximum Gasteiger partial charge on any atom is 0.266 e. The third-order valence-electron chi connectivity index (χ3n) is 4.92. The van der Waals surface area contributed by atoms with Crippen molar-refractivity contribution in [2.75, 3.05) is 6.54 Å². The zero-order valence-corrected chi connectivity index (χ0v) is 16.7. The van der Waals surface area contributed by atoms with Crippen LogP contribution in [0.4, 0.5) is 4.39 Å². The number of hydrogen-bond acceptors (Lipinski definition) is 4. The van der Waals surface area contributed by atoms with Gasteiger partial charge in [0.05, 0.1) is 17.8 Å². The van der Waals surface area contributed by atoms with Crippen molar-refractivity contribution in [1.29, 1.82) is 0 Å². The molecule has 6 nitrogen and oxygen atoms in total. The summed E-state index contributed by atoms with van der Waals surface area (Å²) in [5.41, 5.74) is -0.0745. The highest BCUT2D eigenvalue weighted by Gasteiger charge is 2.36. The van der Waals surface area contributed by atoms with Gasteiger partial charge in [-0.15, -0.1) is 0 Å². The van der Waals surface area contributed by atoms with E-state index in [1.807, 2.05) is 0 Å². The second-order valence-electron chi connectivity index (χ2n) is 7.46.